The van der Waals surface area contributed by atoms with Crippen molar-refractivity contribution in [2.45, 2.75) is 20.0 Å². The van der Waals surface area contributed by atoms with Crippen LogP contribution in [0.25, 0.3) is 22.7 Å². The number of hydrogen-bond donors (Lipinski definition) is 1. The number of rotatable bonds is 9. The zero-order valence-corrected chi connectivity index (χ0v) is 18.8. The molecule has 1 aromatic heterocycles. The number of para-hydroxylation sites is 2. The van der Waals surface area contributed by atoms with E-state index in [0.717, 1.165) is 27.7 Å². The number of ether oxygens (including phenoxy) is 2. The van der Waals surface area contributed by atoms with E-state index in [0.29, 0.717) is 35.9 Å². The van der Waals surface area contributed by atoms with Crippen LogP contribution in [-0.2, 0) is 13.0 Å². The molecule has 0 radical (unpaired) electrons. The molecule has 0 saturated carbocycles. The van der Waals surface area contributed by atoms with Gasteiger partial charge in [0.1, 0.15) is 24.3 Å². The minimum atomic E-state index is -0.292. The van der Waals surface area contributed by atoms with Crippen molar-refractivity contribution in [1.29, 1.82) is 5.26 Å². The van der Waals surface area contributed by atoms with Crippen molar-refractivity contribution in [3.05, 3.63) is 102 Å². The van der Waals surface area contributed by atoms with Crippen LogP contribution in [0, 0.1) is 17.1 Å². The number of halogens is 1. The van der Waals surface area contributed by atoms with Gasteiger partial charge < -0.3 is 14.5 Å². The average molecular weight is 454 g/mol. The van der Waals surface area contributed by atoms with E-state index in [1.807, 2.05) is 43.3 Å². The molecule has 170 valence electrons. The summed E-state index contributed by atoms with van der Waals surface area (Å²) < 4.78 is 25.2. The highest BCUT2D eigenvalue weighted by Crippen LogP contribution is 2.36. The molecule has 1 heterocycles. The number of hydrogen-bond acceptors (Lipinski definition) is 4. The van der Waals surface area contributed by atoms with Crippen molar-refractivity contribution < 1.29 is 13.9 Å². The van der Waals surface area contributed by atoms with E-state index in [-0.39, 0.29) is 12.4 Å². The summed E-state index contributed by atoms with van der Waals surface area (Å²) in [4.78, 5) is 7.74. The summed E-state index contributed by atoms with van der Waals surface area (Å²) in [5.74, 6) is 1.38. The number of nitriles is 1. The number of aromatic amines is 1. The van der Waals surface area contributed by atoms with Crippen molar-refractivity contribution in [2.24, 2.45) is 0 Å². The predicted octanol–water partition coefficient (Wildman–Crippen LogP) is 6.47. The van der Waals surface area contributed by atoms with Crippen LogP contribution in [0.2, 0.25) is 0 Å². The maximum Gasteiger partial charge on any atom is 0.165 e. The fourth-order valence-corrected chi connectivity index (χ4v) is 3.64. The van der Waals surface area contributed by atoms with E-state index >= 15 is 0 Å². The second kappa shape index (κ2) is 10.5. The van der Waals surface area contributed by atoms with Gasteiger partial charge in [-0.3, -0.25) is 0 Å². The van der Waals surface area contributed by atoms with Gasteiger partial charge in [0.2, 0.25) is 0 Å². The number of allylic oxidation sites excluding steroid dienone is 2. The molecule has 0 fully saturated rings. The Balaban J connectivity index is 1.71. The molecular weight excluding hydrogens is 429 g/mol. The molecule has 0 aliphatic heterocycles. The van der Waals surface area contributed by atoms with E-state index < -0.39 is 0 Å². The van der Waals surface area contributed by atoms with Gasteiger partial charge in [-0.15, -0.1) is 6.58 Å². The molecule has 0 amide bonds. The minimum Gasteiger partial charge on any atom is -0.490 e. The van der Waals surface area contributed by atoms with Crippen molar-refractivity contribution in [2.75, 3.05) is 6.61 Å². The molecule has 0 saturated heterocycles. The van der Waals surface area contributed by atoms with E-state index in [4.69, 9.17) is 9.47 Å². The molecule has 5 nitrogen and oxygen atoms in total. The maximum atomic E-state index is 13.2. The molecule has 3 aromatic carbocycles. The van der Waals surface area contributed by atoms with Gasteiger partial charge in [-0.1, -0.05) is 30.3 Å². The molecule has 0 aliphatic rings. The van der Waals surface area contributed by atoms with E-state index in [1.165, 1.54) is 12.1 Å². The fourth-order valence-electron chi connectivity index (χ4n) is 3.64. The molecule has 34 heavy (non-hydrogen) atoms. The van der Waals surface area contributed by atoms with Gasteiger partial charge in [0, 0.05) is 5.56 Å². The Labute approximate surface area is 197 Å². The minimum absolute atomic E-state index is 0.266. The van der Waals surface area contributed by atoms with Crippen LogP contribution in [0.1, 0.15) is 29.4 Å². The third-order valence-corrected chi connectivity index (χ3v) is 5.19. The first-order valence-corrected chi connectivity index (χ1v) is 11.0. The van der Waals surface area contributed by atoms with Crippen molar-refractivity contribution in [3.8, 4) is 17.6 Å². The number of benzene rings is 3. The monoisotopic (exact) mass is 453 g/mol. The van der Waals surface area contributed by atoms with Crippen LogP contribution in [-0.4, -0.2) is 16.6 Å². The second-order valence-corrected chi connectivity index (χ2v) is 7.62. The molecule has 4 rings (SSSR count). The Morgan fingerprint density at radius 3 is 2.65 bits per heavy atom. The van der Waals surface area contributed by atoms with Crippen molar-refractivity contribution >= 4 is 22.7 Å². The largest absolute Gasteiger partial charge is 0.490 e. The first-order valence-electron chi connectivity index (χ1n) is 11.0. The lowest BCUT2D eigenvalue weighted by atomic mass is 10.0. The highest BCUT2D eigenvalue weighted by molar-refractivity contribution is 5.90. The predicted molar refractivity (Wildman–Crippen MR) is 132 cm³/mol. The summed E-state index contributed by atoms with van der Waals surface area (Å²) >= 11 is 0. The molecule has 0 atom stereocenters. The van der Waals surface area contributed by atoms with Crippen LogP contribution in [0.15, 0.2) is 73.3 Å². The summed E-state index contributed by atoms with van der Waals surface area (Å²) in [6, 6.07) is 19.9. The molecule has 0 spiro atoms. The zero-order chi connectivity index (χ0) is 23.9. The normalized spacial score (nSPS) is 11.3. The van der Waals surface area contributed by atoms with Gasteiger partial charge in [-0.25, -0.2) is 9.37 Å². The highest BCUT2D eigenvalue weighted by Gasteiger charge is 2.15. The van der Waals surface area contributed by atoms with Crippen LogP contribution >= 0.6 is 0 Å². The SMILES string of the molecule is C=CCc1cc(/C=C(\C#N)c2nc3ccccc3[nH]2)cc(OCC)c1OCc1ccc(F)cc1. The Morgan fingerprint density at radius 1 is 1.15 bits per heavy atom. The fraction of sp³-hybridized carbons (Fsp3) is 0.143. The summed E-state index contributed by atoms with van der Waals surface area (Å²) in [6.07, 6.45) is 4.11. The first kappa shape index (κ1) is 22.8. The van der Waals surface area contributed by atoms with Gasteiger partial charge in [0.05, 0.1) is 23.2 Å². The van der Waals surface area contributed by atoms with Crippen LogP contribution in [0.4, 0.5) is 4.39 Å². The van der Waals surface area contributed by atoms with Crippen LogP contribution < -0.4 is 9.47 Å². The number of aromatic nitrogens is 2. The van der Waals surface area contributed by atoms with E-state index in [9.17, 15) is 9.65 Å². The summed E-state index contributed by atoms with van der Waals surface area (Å²) in [7, 11) is 0. The summed E-state index contributed by atoms with van der Waals surface area (Å²) in [6.45, 7) is 6.47. The molecule has 4 aromatic rings. The number of nitrogens with zero attached hydrogens (tertiary/aromatic N) is 2. The van der Waals surface area contributed by atoms with Crippen molar-refractivity contribution in [1.82, 2.24) is 9.97 Å². The van der Waals surface area contributed by atoms with E-state index in [1.54, 1.807) is 24.3 Å². The lowest BCUT2D eigenvalue weighted by molar-refractivity contribution is 0.267. The highest BCUT2D eigenvalue weighted by atomic mass is 19.1. The number of nitrogens with one attached hydrogen (secondary N) is 1. The van der Waals surface area contributed by atoms with Crippen LogP contribution in [0.3, 0.4) is 0 Å². The van der Waals surface area contributed by atoms with Gasteiger partial charge in [0.15, 0.2) is 11.5 Å². The van der Waals surface area contributed by atoms with Gasteiger partial charge in [0.25, 0.3) is 0 Å². The molecule has 1 N–H and O–H groups in total. The lowest BCUT2D eigenvalue weighted by Gasteiger charge is -2.17. The number of imidazole rings is 1. The Kier molecular flexibility index (Phi) is 7.04. The average Bonchev–Trinajstić information content (AvgIpc) is 3.27. The lowest BCUT2D eigenvalue weighted by Crippen LogP contribution is -2.03. The second-order valence-electron chi connectivity index (χ2n) is 7.62. The molecule has 0 unspecified atom stereocenters. The van der Waals surface area contributed by atoms with Gasteiger partial charge in [-0.05, 0) is 66.9 Å². The Hall–Kier alpha value is -4.37. The molecular formula is C28H24FN3O2. The molecule has 0 aliphatic carbocycles. The standard InChI is InChI=1S/C28H24FN3O2/c1-3-7-21-14-20(15-22(17-30)28-31-24-8-5-6-9-25(24)32-28)16-26(33-4-2)27(21)34-18-19-10-12-23(29)13-11-19/h3,5-6,8-16H,1,4,7,18H2,2H3,(H,31,32)/b22-15+. The summed E-state index contributed by atoms with van der Waals surface area (Å²) in [5.41, 5.74) is 4.57. The quantitative estimate of drug-likeness (QED) is 0.233. The summed E-state index contributed by atoms with van der Waals surface area (Å²) in [5, 5.41) is 9.82. The number of fused-ring (bicyclic) bond motifs is 1. The first-order chi connectivity index (χ1) is 16.6. The van der Waals surface area contributed by atoms with Gasteiger partial charge >= 0.3 is 0 Å². The van der Waals surface area contributed by atoms with Crippen LogP contribution in [0.5, 0.6) is 11.5 Å². The van der Waals surface area contributed by atoms with E-state index in [2.05, 4.69) is 22.6 Å². The van der Waals surface area contributed by atoms with Crippen molar-refractivity contribution in [3.63, 3.8) is 0 Å². The topological polar surface area (TPSA) is 70.9 Å². The Bertz CT molecular complexity index is 1350. The Morgan fingerprint density at radius 2 is 1.94 bits per heavy atom. The third kappa shape index (κ3) is 5.16. The third-order valence-electron chi connectivity index (χ3n) is 5.19. The molecule has 6 heteroatoms. The maximum absolute atomic E-state index is 13.2. The molecule has 0 bridgehead atoms. The smallest absolute Gasteiger partial charge is 0.165 e. The number of H-pyrrole nitrogens is 1. The zero-order valence-electron chi connectivity index (χ0n) is 18.8. The van der Waals surface area contributed by atoms with Gasteiger partial charge in [-0.2, -0.15) is 5.26 Å².